The maximum atomic E-state index is 12.9. The Kier molecular flexibility index (Phi) is 8.99. The molecule has 1 heterocycles. The molecule has 0 unspecified atom stereocenters. The average molecular weight is 473 g/mol. The van der Waals surface area contributed by atoms with Gasteiger partial charge in [0.2, 0.25) is 21.7 Å². The van der Waals surface area contributed by atoms with Gasteiger partial charge in [-0.3, -0.25) is 0 Å². The van der Waals surface area contributed by atoms with Crippen molar-refractivity contribution < 1.29 is 17.7 Å². The van der Waals surface area contributed by atoms with E-state index in [1.165, 1.54) is 0 Å². The van der Waals surface area contributed by atoms with Crippen molar-refractivity contribution in [1.82, 2.24) is 19.8 Å². The molecule has 1 aromatic heterocycles. The van der Waals surface area contributed by atoms with Gasteiger partial charge < -0.3 is 14.2 Å². The quantitative estimate of drug-likeness (QED) is 0.405. The standard InChI is InChI=1S/C24H32N4O4S/c1-4-28(5-2)17-18-33(29,30)27-21(16-15-19-11-7-6-8-12-19)24-25-23(26-32-24)20-13-9-10-14-22(20)31-3/h6-14,21,27H,4-5,15-18H2,1-3H3/t21-/m1/s1. The number of rotatable bonds is 13. The zero-order chi connectivity index (χ0) is 23.7. The molecule has 33 heavy (non-hydrogen) atoms. The summed E-state index contributed by atoms with van der Waals surface area (Å²) in [6.45, 7) is 6.10. The molecule has 0 saturated carbocycles. The molecule has 2 aromatic carbocycles. The normalized spacial score (nSPS) is 12.7. The molecule has 0 fully saturated rings. The summed E-state index contributed by atoms with van der Waals surface area (Å²) in [6.07, 6.45) is 1.15. The molecule has 178 valence electrons. The lowest BCUT2D eigenvalue weighted by Gasteiger charge is -2.20. The van der Waals surface area contributed by atoms with Gasteiger partial charge in [0.1, 0.15) is 11.8 Å². The minimum atomic E-state index is -3.56. The topological polar surface area (TPSA) is 97.6 Å². The SMILES string of the molecule is CCN(CC)CCS(=O)(=O)N[C@H](CCc1ccccc1)c1nc(-c2ccccc2OC)no1. The molecule has 0 radical (unpaired) electrons. The molecule has 3 rings (SSSR count). The Balaban J connectivity index is 1.82. The third-order valence-electron chi connectivity index (χ3n) is 5.54. The Morgan fingerprint density at radius 1 is 1.06 bits per heavy atom. The van der Waals surface area contributed by atoms with Crippen molar-refractivity contribution >= 4 is 10.0 Å². The number of benzene rings is 2. The predicted octanol–water partition coefficient (Wildman–Crippen LogP) is 3.68. The van der Waals surface area contributed by atoms with E-state index in [0.717, 1.165) is 18.7 Å². The predicted molar refractivity (Wildman–Crippen MR) is 129 cm³/mol. The monoisotopic (exact) mass is 472 g/mol. The van der Waals surface area contributed by atoms with E-state index in [1.54, 1.807) is 7.11 Å². The summed E-state index contributed by atoms with van der Waals surface area (Å²) >= 11 is 0. The fraction of sp³-hybridized carbons (Fsp3) is 0.417. The van der Waals surface area contributed by atoms with Crippen molar-refractivity contribution in [3.05, 3.63) is 66.1 Å². The van der Waals surface area contributed by atoms with Crippen LogP contribution in [0.1, 0.15) is 37.8 Å². The fourth-order valence-electron chi connectivity index (χ4n) is 3.57. The van der Waals surface area contributed by atoms with Crippen molar-refractivity contribution in [1.29, 1.82) is 0 Å². The molecular weight excluding hydrogens is 440 g/mol. The number of nitrogens with zero attached hydrogens (tertiary/aromatic N) is 3. The van der Waals surface area contributed by atoms with Crippen LogP contribution in [0.2, 0.25) is 0 Å². The number of methoxy groups -OCH3 is 1. The largest absolute Gasteiger partial charge is 0.496 e. The number of aromatic nitrogens is 2. The van der Waals surface area contributed by atoms with E-state index in [-0.39, 0.29) is 11.6 Å². The second-order valence-electron chi connectivity index (χ2n) is 7.70. The fourth-order valence-corrected chi connectivity index (χ4v) is 4.84. The average Bonchev–Trinajstić information content (AvgIpc) is 3.33. The van der Waals surface area contributed by atoms with Gasteiger partial charge in [0, 0.05) is 6.54 Å². The maximum absolute atomic E-state index is 12.9. The van der Waals surface area contributed by atoms with Gasteiger partial charge in [0.05, 0.1) is 18.4 Å². The van der Waals surface area contributed by atoms with Gasteiger partial charge in [-0.25, -0.2) is 13.1 Å². The van der Waals surface area contributed by atoms with Crippen LogP contribution in [0.25, 0.3) is 11.4 Å². The highest BCUT2D eigenvalue weighted by Crippen LogP contribution is 2.29. The third kappa shape index (κ3) is 7.12. The summed E-state index contributed by atoms with van der Waals surface area (Å²) < 4.78 is 39.5. The highest BCUT2D eigenvalue weighted by Gasteiger charge is 2.26. The summed E-state index contributed by atoms with van der Waals surface area (Å²) in [5.41, 5.74) is 1.79. The Morgan fingerprint density at radius 3 is 2.45 bits per heavy atom. The third-order valence-corrected chi connectivity index (χ3v) is 6.91. The number of hydrogen-bond donors (Lipinski definition) is 1. The number of ether oxygens (including phenoxy) is 1. The molecule has 0 bridgehead atoms. The van der Waals surface area contributed by atoms with Crippen LogP contribution in [-0.4, -0.2) is 56.0 Å². The van der Waals surface area contributed by atoms with Crippen LogP contribution in [0.5, 0.6) is 5.75 Å². The molecule has 0 spiro atoms. The molecule has 8 nitrogen and oxygen atoms in total. The molecule has 0 amide bonds. The van der Waals surface area contributed by atoms with Crippen LogP contribution in [0.4, 0.5) is 0 Å². The highest BCUT2D eigenvalue weighted by atomic mass is 32.2. The van der Waals surface area contributed by atoms with Crippen molar-refractivity contribution in [3.63, 3.8) is 0 Å². The van der Waals surface area contributed by atoms with Crippen LogP contribution in [0, 0.1) is 0 Å². The lowest BCUT2D eigenvalue weighted by Crippen LogP contribution is -2.36. The number of para-hydroxylation sites is 1. The zero-order valence-electron chi connectivity index (χ0n) is 19.4. The molecule has 0 aliphatic heterocycles. The van der Waals surface area contributed by atoms with E-state index in [9.17, 15) is 8.42 Å². The number of nitrogens with one attached hydrogen (secondary N) is 1. The van der Waals surface area contributed by atoms with Crippen molar-refractivity contribution in [2.45, 2.75) is 32.7 Å². The van der Waals surface area contributed by atoms with Crippen molar-refractivity contribution in [3.8, 4) is 17.1 Å². The van der Waals surface area contributed by atoms with Gasteiger partial charge in [-0.15, -0.1) is 0 Å². The van der Waals surface area contributed by atoms with Crippen LogP contribution in [0.15, 0.2) is 59.1 Å². The molecule has 1 atom stereocenters. The van der Waals surface area contributed by atoms with E-state index in [1.807, 2.05) is 68.4 Å². The van der Waals surface area contributed by atoms with Crippen LogP contribution in [0.3, 0.4) is 0 Å². The van der Waals surface area contributed by atoms with E-state index >= 15 is 0 Å². The molecule has 9 heteroatoms. The molecule has 3 aromatic rings. The number of aryl methyl sites for hydroxylation is 1. The van der Waals surface area contributed by atoms with E-state index in [2.05, 4.69) is 19.8 Å². The molecule has 1 N–H and O–H groups in total. The van der Waals surface area contributed by atoms with Gasteiger partial charge in [0.15, 0.2) is 0 Å². The Morgan fingerprint density at radius 2 is 1.76 bits per heavy atom. The molecule has 0 saturated heterocycles. The first-order valence-corrected chi connectivity index (χ1v) is 12.8. The highest BCUT2D eigenvalue weighted by molar-refractivity contribution is 7.89. The van der Waals surface area contributed by atoms with Gasteiger partial charge in [-0.1, -0.05) is 61.5 Å². The molecule has 0 aliphatic rings. The summed E-state index contributed by atoms with van der Waals surface area (Å²) in [5, 5.41) is 4.09. The smallest absolute Gasteiger partial charge is 0.245 e. The van der Waals surface area contributed by atoms with Crippen molar-refractivity contribution in [2.75, 3.05) is 32.5 Å². The minimum Gasteiger partial charge on any atom is -0.496 e. The maximum Gasteiger partial charge on any atom is 0.245 e. The van der Waals surface area contributed by atoms with Gasteiger partial charge in [0.25, 0.3) is 0 Å². The van der Waals surface area contributed by atoms with E-state index in [0.29, 0.717) is 36.5 Å². The lowest BCUT2D eigenvalue weighted by molar-refractivity contribution is 0.319. The van der Waals surface area contributed by atoms with Gasteiger partial charge >= 0.3 is 0 Å². The minimum absolute atomic E-state index is 0.00399. The van der Waals surface area contributed by atoms with Crippen LogP contribution >= 0.6 is 0 Å². The first-order valence-electron chi connectivity index (χ1n) is 11.2. The van der Waals surface area contributed by atoms with Crippen molar-refractivity contribution in [2.24, 2.45) is 0 Å². The van der Waals surface area contributed by atoms with E-state index in [4.69, 9.17) is 9.26 Å². The van der Waals surface area contributed by atoms with Crippen LogP contribution < -0.4 is 9.46 Å². The molecule has 0 aliphatic carbocycles. The summed E-state index contributed by atoms with van der Waals surface area (Å²) in [6, 6.07) is 16.6. The zero-order valence-corrected chi connectivity index (χ0v) is 20.2. The Hall–Kier alpha value is -2.75. The number of hydrogen-bond acceptors (Lipinski definition) is 7. The van der Waals surface area contributed by atoms with Gasteiger partial charge in [-0.2, -0.15) is 4.98 Å². The Labute approximate surface area is 196 Å². The first kappa shape index (κ1) is 24.9. The van der Waals surface area contributed by atoms with Crippen LogP contribution in [-0.2, 0) is 16.4 Å². The summed E-state index contributed by atoms with van der Waals surface area (Å²) in [5.74, 6) is 1.21. The lowest BCUT2D eigenvalue weighted by atomic mass is 10.1. The Bertz CT molecular complexity index is 1100. The second-order valence-corrected chi connectivity index (χ2v) is 9.57. The van der Waals surface area contributed by atoms with Gasteiger partial charge in [-0.05, 0) is 43.6 Å². The number of sulfonamides is 1. The van der Waals surface area contributed by atoms with E-state index < -0.39 is 16.1 Å². The summed E-state index contributed by atoms with van der Waals surface area (Å²) in [7, 11) is -1.99. The molecular formula is C24H32N4O4S. The summed E-state index contributed by atoms with van der Waals surface area (Å²) in [4.78, 5) is 6.59. The first-order chi connectivity index (χ1) is 16.0. The second kappa shape index (κ2) is 11.9.